The van der Waals surface area contributed by atoms with Gasteiger partial charge in [-0.25, -0.2) is 4.79 Å². The molecule has 0 spiro atoms. The Morgan fingerprint density at radius 3 is 2.63 bits per heavy atom. The number of carbonyl (C=O) groups is 2. The number of aliphatic hydroxyl groups excluding tert-OH is 2. The first-order valence-electron chi connectivity index (χ1n) is 5.63. The van der Waals surface area contributed by atoms with Crippen LogP contribution in [0, 0.1) is 0 Å². The number of aliphatic hydroxyl groups is 2. The van der Waals surface area contributed by atoms with Crippen LogP contribution in [-0.2, 0) is 14.3 Å². The molecule has 1 aliphatic heterocycles. The minimum atomic E-state index is -1.28. The number of urea groups is 1. The molecule has 1 aliphatic rings. The van der Waals surface area contributed by atoms with E-state index in [4.69, 9.17) is 9.47 Å². The second-order valence-corrected chi connectivity index (χ2v) is 4.11. The van der Waals surface area contributed by atoms with Crippen LogP contribution in [0.1, 0.15) is 0 Å². The van der Waals surface area contributed by atoms with E-state index in [0.717, 1.165) is 11.0 Å². The number of imide groups is 1. The number of nitrogens with zero attached hydrogens (tertiary/aromatic N) is 1. The summed E-state index contributed by atoms with van der Waals surface area (Å²) in [4.78, 5) is 23.7. The van der Waals surface area contributed by atoms with E-state index in [2.05, 4.69) is 6.58 Å². The number of rotatable bonds is 4. The molecule has 4 atom stereocenters. The van der Waals surface area contributed by atoms with Crippen molar-refractivity contribution in [2.75, 3.05) is 20.8 Å². The van der Waals surface area contributed by atoms with E-state index >= 15 is 0 Å². The first-order chi connectivity index (χ1) is 8.92. The largest absolute Gasteiger partial charge is 0.387 e. The number of carbonyl (C=O) groups excluding carboxylic acids is 2. The number of amides is 3. The first-order valence-corrected chi connectivity index (χ1v) is 5.63. The van der Waals surface area contributed by atoms with Gasteiger partial charge >= 0.3 is 6.03 Å². The summed E-state index contributed by atoms with van der Waals surface area (Å²) in [7, 11) is 2.76. The Morgan fingerprint density at radius 1 is 1.47 bits per heavy atom. The second-order valence-electron chi connectivity index (χ2n) is 4.11. The topological polar surface area (TPSA) is 108 Å². The van der Waals surface area contributed by atoms with Crippen LogP contribution < -0.4 is 5.32 Å². The number of likely N-dealkylation sites (N-methyl/N-ethyl adjacent to an activating group) is 1. The van der Waals surface area contributed by atoms with Crippen molar-refractivity contribution in [1.82, 2.24) is 10.2 Å². The van der Waals surface area contributed by atoms with E-state index in [0.29, 0.717) is 0 Å². The van der Waals surface area contributed by atoms with Crippen molar-refractivity contribution in [1.29, 1.82) is 0 Å². The van der Waals surface area contributed by atoms with Crippen LogP contribution in [0.3, 0.4) is 0 Å². The lowest BCUT2D eigenvalue weighted by atomic mass is 10.1. The van der Waals surface area contributed by atoms with Crippen LogP contribution >= 0.6 is 0 Å². The Morgan fingerprint density at radius 2 is 2.11 bits per heavy atom. The number of nitrogens with one attached hydrogen (secondary N) is 1. The smallest absolute Gasteiger partial charge is 0.326 e. The molecule has 0 aromatic heterocycles. The molecule has 0 radical (unpaired) electrons. The van der Waals surface area contributed by atoms with Crippen molar-refractivity contribution < 1.29 is 29.3 Å². The van der Waals surface area contributed by atoms with Crippen LogP contribution in [0.25, 0.3) is 0 Å². The molecule has 8 nitrogen and oxygen atoms in total. The third-order valence-electron chi connectivity index (χ3n) is 2.79. The van der Waals surface area contributed by atoms with Gasteiger partial charge in [0.2, 0.25) is 0 Å². The average molecular weight is 274 g/mol. The quantitative estimate of drug-likeness (QED) is 0.535. The van der Waals surface area contributed by atoms with Crippen molar-refractivity contribution in [3.05, 3.63) is 12.7 Å². The molecular weight excluding hydrogens is 256 g/mol. The van der Waals surface area contributed by atoms with E-state index in [9.17, 15) is 19.8 Å². The van der Waals surface area contributed by atoms with E-state index < -0.39 is 36.5 Å². The lowest BCUT2D eigenvalue weighted by molar-refractivity contribution is -0.116. The molecule has 3 amide bonds. The fraction of sp³-hybridized carbons (Fsp3) is 0.636. The first kappa shape index (κ1) is 15.6. The van der Waals surface area contributed by atoms with E-state index in [1.807, 2.05) is 5.32 Å². The maximum absolute atomic E-state index is 11.7. The molecular formula is C11H18N2O6. The molecule has 0 bridgehead atoms. The van der Waals surface area contributed by atoms with Crippen LogP contribution in [0.15, 0.2) is 12.7 Å². The predicted octanol–water partition coefficient (Wildman–Crippen LogP) is -1.57. The summed E-state index contributed by atoms with van der Waals surface area (Å²) in [5, 5.41) is 21.5. The number of hydrogen-bond donors (Lipinski definition) is 3. The molecule has 1 rings (SSSR count). The van der Waals surface area contributed by atoms with Crippen LogP contribution in [-0.4, -0.2) is 72.4 Å². The van der Waals surface area contributed by atoms with Gasteiger partial charge in [0, 0.05) is 14.2 Å². The zero-order valence-corrected chi connectivity index (χ0v) is 10.8. The van der Waals surface area contributed by atoms with Crippen molar-refractivity contribution in [3.8, 4) is 0 Å². The van der Waals surface area contributed by atoms with Gasteiger partial charge in [-0.05, 0) is 6.08 Å². The molecule has 0 saturated carbocycles. The van der Waals surface area contributed by atoms with Gasteiger partial charge < -0.3 is 19.7 Å². The molecule has 1 heterocycles. The fourth-order valence-corrected chi connectivity index (χ4v) is 1.71. The maximum Gasteiger partial charge on any atom is 0.326 e. The summed E-state index contributed by atoms with van der Waals surface area (Å²) in [5.74, 6) is -0.668. The Bertz CT molecular complexity index is 361. The average Bonchev–Trinajstić information content (AvgIpc) is 2.66. The standard InChI is InChI=1S/C11H18N2O6/c1-4-7(14)12-11(17)13(2)10-9(16)8(15)6(19-10)5-18-3/h4,6,8-10,15-16H,1,5H2,2-3H3,(H,12,14,17)/t6-,8-,9-,10-/m1/s1. The molecule has 0 aromatic rings. The summed E-state index contributed by atoms with van der Waals surface area (Å²) >= 11 is 0. The third-order valence-corrected chi connectivity index (χ3v) is 2.79. The van der Waals surface area contributed by atoms with Gasteiger partial charge in [-0.2, -0.15) is 0 Å². The van der Waals surface area contributed by atoms with Gasteiger partial charge in [0.25, 0.3) is 5.91 Å². The normalized spacial score (nSPS) is 29.9. The van der Waals surface area contributed by atoms with Crippen molar-refractivity contribution in [3.63, 3.8) is 0 Å². The number of ether oxygens (including phenoxy) is 2. The van der Waals surface area contributed by atoms with Crippen LogP contribution in [0.4, 0.5) is 4.79 Å². The minimum absolute atomic E-state index is 0.0791. The lowest BCUT2D eigenvalue weighted by Gasteiger charge is -2.26. The highest BCUT2D eigenvalue weighted by atomic mass is 16.6. The Hall–Kier alpha value is -1.48. The summed E-state index contributed by atoms with van der Waals surface area (Å²) in [6, 6.07) is -0.765. The summed E-state index contributed by atoms with van der Waals surface area (Å²) < 4.78 is 10.2. The maximum atomic E-state index is 11.7. The van der Waals surface area contributed by atoms with Gasteiger partial charge in [0.1, 0.15) is 18.3 Å². The summed E-state index contributed by atoms with van der Waals surface area (Å²) in [6.45, 7) is 3.29. The van der Waals surface area contributed by atoms with Crippen LogP contribution in [0.5, 0.6) is 0 Å². The van der Waals surface area contributed by atoms with Crippen molar-refractivity contribution in [2.45, 2.75) is 24.5 Å². The Labute approximate surface area is 110 Å². The third kappa shape index (κ3) is 3.51. The molecule has 3 N–H and O–H groups in total. The SMILES string of the molecule is C=CC(=O)NC(=O)N(C)[C@@H]1O[C@H](COC)[C@@H](O)[C@H]1O. The zero-order valence-electron chi connectivity index (χ0n) is 10.8. The minimum Gasteiger partial charge on any atom is -0.387 e. The molecule has 0 aliphatic carbocycles. The highest BCUT2D eigenvalue weighted by Gasteiger charge is 2.45. The highest BCUT2D eigenvalue weighted by Crippen LogP contribution is 2.23. The van der Waals surface area contributed by atoms with E-state index in [-0.39, 0.29) is 6.61 Å². The van der Waals surface area contributed by atoms with E-state index in [1.165, 1.54) is 14.2 Å². The molecule has 1 saturated heterocycles. The van der Waals surface area contributed by atoms with Gasteiger partial charge in [-0.1, -0.05) is 6.58 Å². The predicted molar refractivity (Wildman–Crippen MR) is 64.0 cm³/mol. The molecule has 8 heteroatoms. The molecule has 0 aromatic carbocycles. The Kier molecular flexibility index (Phi) is 5.43. The lowest BCUT2D eigenvalue weighted by Crippen LogP contribution is -2.50. The van der Waals surface area contributed by atoms with Gasteiger partial charge in [-0.15, -0.1) is 0 Å². The number of hydrogen-bond acceptors (Lipinski definition) is 6. The molecule has 1 fully saturated rings. The summed E-state index contributed by atoms with van der Waals surface area (Å²) in [6.07, 6.45) is -3.31. The van der Waals surface area contributed by atoms with Crippen LogP contribution in [0.2, 0.25) is 0 Å². The van der Waals surface area contributed by atoms with Crippen molar-refractivity contribution >= 4 is 11.9 Å². The molecule has 108 valence electrons. The van der Waals surface area contributed by atoms with E-state index in [1.54, 1.807) is 0 Å². The van der Waals surface area contributed by atoms with Gasteiger partial charge in [-0.3, -0.25) is 15.0 Å². The molecule has 0 unspecified atom stereocenters. The highest BCUT2D eigenvalue weighted by molar-refractivity contribution is 5.99. The Balaban J connectivity index is 2.66. The van der Waals surface area contributed by atoms with Crippen molar-refractivity contribution in [2.24, 2.45) is 0 Å². The zero-order chi connectivity index (χ0) is 14.6. The monoisotopic (exact) mass is 274 g/mol. The molecule has 19 heavy (non-hydrogen) atoms. The second kappa shape index (κ2) is 6.62. The fourth-order valence-electron chi connectivity index (χ4n) is 1.71. The number of methoxy groups -OCH3 is 1. The summed E-state index contributed by atoms with van der Waals surface area (Å²) in [5.41, 5.74) is 0. The van der Waals surface area contributed by atoms with Gasteiger partial charge in [0.05, 0.1) is 6.61 Å². The van der Waals surface area contributed by atoms with Gasteiger partial charge in [0.15, 0.2) is 6.23 Å².